The van der Waals surface area contributed by atoms with Gasteiger partial charge < -0.3 is 20.4 Å². The molecule has 9 heteroatoms. The molecule has 0 radical (unpaired) electrons. The zero-order valence-electron chi connectivity index (χ0n) is 18.5. The fraction of sp³-hybridized carbons (Fsp3) is 0.250. The molecule has 0 fully saturated rings. The molecule has 0 bridgehead atoms. The van der Waals surface area contributed by atoms with Crippen LogP contribution in [0.2, 0.25) is 0 Å². The van der Waals surface area contributed by atoms with Crippen LogP contribution in [-0.2, 0) is 11.3 Å². The van der Waals surface area contributed by atoms with Crippen molar-refractivity contribution in [3.8, 4) is 11.3 Å². The molecule has 0 aliphatic rings. The summed E-state index contributed by atoms with van der Waals surface area (Å²) < 4.78 is 18.9. The number of aromatic nitrogens is 1. The van der Waals surface area contributed by atoms with Crippen LogP contribution in [0.3, 0.4) is 0 Å². The predicted molar refractivity (Wildman–Crippen MR) is 120 cm³/mol. The molecule has 2 heterocycles. The largest absolute Gasteiger partial charge is 0.451 e. The average Bonchev–Trinajstić information content (AvgIpc) is 3.31. The van der Waals surface area contributed by atoms with E-state index in [-0.39, 0.29) is 29.8 Å². The molecule has 1 aromatic carbocycles. The highest BCUT2D eigenvalue weighted by Crippen LogP contribution is 2.23. The lowest BCUT2D eigenvalue weighted by Gasteiger charge is -2.19. The summed E-state index contributed by atoms with van der Waals surface area (Å²) >= 11 is 0. The zero-order chi connectivity index (χ0) is 24.0. The molecule has 3 amide bonds. The molecule has 8 nitrogen and oxygen atoms in total. The third-order valence-electron chi connectivity index (χ3n) is 4.92. The number of nitrogens with zero attached hydrogens (tertiary/aromatic N) is 1. The van der Waals surface area contributed by atoms with Crippen molar-refractivity contribution in [1.29, 1.82) is 0 Å². The maximum absolute atomic E-state index is 13.2. The van der Waals surface area contributed by atoms with Gasteiger partial charge >= 0.3 is 0 Å². The number of amides is 3. The molecular formula is C24H25FN4O4. The summed E-state index contributed by atoms with van der Waals surface area (Å²) in [6.45, 7) is 3.87. The van der Waals surface area contributed by atoms with Crippen LogP contribution >= 0.6 is 0 Å². The van der Waals surface area contributed by atoms with E-state index in [1.54, 1.807) is 24.3 Å². The second-order valence-corrected chi connectivity index (χ2v) is 7.70. The van der Waals surface area contributed by atoms with E-state index in [1.165, 1.54) is 31.3 Å². The van der Waals surface area contributed by atoms with Crippen molar-refractivity contribution in [1.82, 2.24) is 20.9 Å². The Kier molecular flexibility index (Phi) is 7.55. The van der Waals surface area contributed by atoms with Gasteiger partial charge in [-0.3, -0.25) is 14.4 Å². The van der Waals surface area contributed by atoms with E-state index in [4.69, 9.17) is 4.42 Å². The number of carbonyl (C=O) groups is 3. The molecule has 172 valence electrons. The van der Waals surface area contributed by atoms with Gasteiger partial charge in [-0.2, -0.15) is 4.39 Å². The van der Waals surface area contributed by atoms with Gasteiger partial charge in [0, 0.05) is 19.2 Å². The number of rotatable bonds is 8. The number of furan rings is 1. The van der Waals surface area contributed by atoms with Gasteiger partial charge in [-0.05, 0) is 41.8 Å². The maximum Gasteiger partial charge on any atom is 0.287 e. The Balaban J connectivity index is 1.67. The summed E-state index contributed by atoms with van der Waals surface area (Å²) in [6.07, 6.45) is 0. The molecule has 3 aromatic rings. The first-order valence-electron chi connectivity index (χ1n) is 10.4. The molecule has 0 aliphatic carbocycles. The highest BCUT2D eigenvalue weighted by atomic mass is 19.1. The Hall–Kier alpha value is -4.01. The van der Waals surface area contributed by atoms with Crippen LogP contribution < -0.4 is 16.0 Å². The number of benzene rings is 1. The third kappa shape index (κ3) is 6.03. The second kappa shape index (κ2) is 10.5. The normalized spacial score (nSPS) is 11.7. The number of halogens is 1. The van der Waals surface area contributed by atoms with Gasteiger partial charge in [0.15, 0.2) is 5.76 Å². The summed E-state index contributed by atoms with van der Waals surface area (Å²) in [5.74, 6) is -1.55. The lowest BCUT2D eigenvalue weighted by molar-refractivity contribution is -0.123. The molecule has 0 saturated heterocycles. The molecule has 1 atom stereocenters. The first-order valence-corrected chi connectivity index (χ1v) is 10.4. The maximum atomic E-state index is 13.2. The van der Waals surface area contributed by atoms with Gasteiger partial charge in [-0.15, -0.1) is 0 Å². The highest BCUT2D eigenvalue weighted by molar-refractivity contribution is 5.96. The first kappa shape index (κ1) is 23.6. The lowest BCUT2D eigenvalue weighted by atomic mass is 10.0. The standard InChI is InChI=1S/C24H25FN4O4/c1-14(2)21(24(32)26-3)29-23(31)19-11-10-18(33-19)16-7-4-6-15(12-16)13-27-22(30)17-8-5-9-20(25)28-17/h4-12,14,21H,13H2,1-3H3,(H,26,32)(H,27,30)(H,29,31)/t21-/m0/s1. The smallest absolute Gasteiger partial charge is 0.287 e. The van der Waals surface area contributed by atoms with Gasteiger partial charge in [0.25, 0.3) is 11.8 Å². The van der Waals surface area contributed by atoms with E-state index in [0.29, 0.717) is 11.3 Å². The Morgan fingerprint density at radius 1 is 1.03 bits per heavy atom. The predicted octanol–water partition coefficient (Wildman–Crippen LogP) is 2.91. The van der Waals surface area contributed by atoms with Gasteiger partial charge in [-0.25, -0.2) is 4.98 Å². The number of carbonyl (C=O) groups excluding carboxylic acids is 3. The Morgan fingerprint density at radius 3 is 2.48 bits per heavy atom. The SMILES string of the molecule is CNC(=O)[C@@H](NC(=O)c1ccc(-c2cccc(CNC(=O)c3cccc(F)n3)c2)o1)C(C)C. The minimum atomic E-state index is -0.725. The van der Waals surface area contributed by atoms with Gasteiger partial charge in [0.2, 0.25) is 11.9 Å². The molecule has 3 N–H and O–H groups in total. The van der Waals surface area contributed by atoms with Crippen molar-refractivity contribution in [3.05, 3.63) is 77.6 Å². The molecule has 0 unspecified atom stereocenters. The van der Waals surface area contributed by atoms with Gasteiger partial charge in [0.05, 0.1) is 0 Å². The van der Waals surface area contributed by atoms with Crippen LogP contribution in [0.15, 0.2) is 59.0 Å². The number of nitrogens with one attached hydrogen (secondary N) is 3. The second-order valence-electron chi connectivity index (χ2n) is 7.70. The fourth-order valence-electron chi connectivity index (χ4n) is 3.16. The van der Waals surface area contributed by atoms with E-state index >= 15 is 0 Å². The highest BCUT2D eigenvalue weighted by Gasteiger charge is 2.25. The topological polar surface area (TPSA) is 113 Å². The summed E-state index contributed by atoms with van der Waals surface area (Å²) in [7, 11) is 1.51. The van der Waals surface area contributed by atoms with Gasteiger partial charge in [0.1, 0.15) is 17.5 Å². The monoisotopic (exact) mass is 452 g/mol. The Morgan fingerprint density at radius 2 is 1.79 bits per heavy atom. The van der Waals surface area contributed by atoms with Crippen molar-refractivity contribution in [3.63, 3.8) is 0 Å². The Labute approximate surface area is 190 Å². The number of hydrogen-bond acceptors (Lipinski definition) is 5. The van der Waals surface area contributed by atoms with Crippen molar-refractivity contribution in [2.45, 2.75) is 26.4 Å². The molecule has 0 saturated carbocycles. The van der Waals surface area contributed by atoms with E-state index in [2.05, 4.69) is 20.9 Å². The molecular weight excluding hydrogens is 427 g/mol. The molecule has 0 aliphatic heterocycles. The fourth-order valence-corrected chi connectivity index (χ4v) is 3.16. The number of pyridine rings is 1. The van der Waals surface area contributed by atoms with Crippen molar-refractivity contribution < 1.29 is 23.2 Å². The molecule has 0 spiro atoms. The summed E-state index contributed by atoms with van der Waals surface area (Å²) in [6, 6.07) is 13.7. The van der Waals surface area contributed by atoms with Crippen LogP contribution in [0.5, 0.6) is 0 Å². The third-order valence-corrected chi connectivity index (χ3v) is 4.92. The first-order chi connectivity index (χ1) is 15.8. The van der Waals surface area contributed by atoms with Crippen LogP contribution in [0, 0.1) is 11.9 Å². The van der Waals surface area contributed by atoms with Gasteiger partial charge in [-0.1, -0.05) is 38.1 Å². The minimum Gasteiger partial charge on any atom is -0.451 e. The minimum absolute atomic E-state index is 0.00991. The molecule has 3 rings (SSSR count). The Bertz CT molecular complexity index is 1160. The summed E-state index contributed by atoms with van der Waals surface area (Å²) in [4.78, 5) is 40.3. The number of hydrogen-bond donors (Lipinski definition) is 3. The van der Waals surface area contributed by atoms with Crippen molar-refractivity contribution in [2.24, 2.45) is 5.92 Å². The van der Waals surface area contributed by atoms with Crippen LogP contribution in [0.4, 0.5) is 4.39 Å². The lowest BCUT2D eigenvalue weighted by Crippen LogP contribution is -2.48. The molecule has 33 heavy (non-hydrogen) atoms. The van der Waals surface area contributed by atoms with Crippen molar-refractivity contribution >= 4 is 17.7 Å². The summed E-state index contributed by atoms with van der Waals surface area (Å²) in [5, 5.41) is 7.92. The zero-order valence-corrected chi connectivity index (χ0v) is 18.5. The van der Waals surface area contributed by atoms with Crippen LogP contribution in [0.25, 0.3) is 11.3 Å². The average molecular weight is 452 g/mol. The van der Waals surface area contributed by atoms with E-state index < -0.39 is 23.8 Å². The van der Waals surface area contributed by atoms with Crippen LogP contribution in [0.1, 0.15) is 40.5 Å². The number of likely N-dealkylation sites (N-methyl/N-ethyl adjacent to an activating group) is 1. The van der Waals surface area contributed by atoms with E-state index in [1.807, 2.05) is 19.9 Å². The quantitative estimate of drug-likeness (QED) is 0.455. The summed E-state index contributed by atoms with van der Waals surface area (Å²) in [5.41, 5.74) is 1.47. The van der Waals surface area contributed by atoms with E-state index in [0.717, 1.165) is 5.56 Å². The van der Waals surface area contributed by atoms with E-state index in [9.17, 15) is 18.8 Å². The molecule has 2 aromatic heterocycles. The van der Waals surface area contributed by atoms with Crippen molar-refractivity contribution in [2.75, 3.05) is 7.05 Å². The van der Waals surface area contributed by atoms with Crippen LogP contribution in [-0.4, -0.2) is 35.8 Å².